The van der Waals surface area contributed by atoms with E-state index >= 15 is 0 Å². The fourth-order valence-electron chi connectivity index (χ4n) is 0.925. The van der Waals surface area contributed by atoms with Crippen LogP contribution in [0.1, 0.15) is 19.4 Å². The molecule has 3 nitrogen and oxygen atoms in total. The Morgan fingerprint density at radius 2 is 2.31 bits per heavy atom. The van der Waals surface area contributed by atoms with E-state index in [0.29, 0.717) is 17.4 Å². The number of hydrogen-bond acceptors (Lipinski definition) is 3. The summed E-state index contributed by atoms with van der Waals surface area (Å²) in [6.45, 7) is 4.25. The van der Waals surface area contributed by atoms with Crippen LogP contribution in [0, 0.1) is 0 Å². The number of rotatable bonds is 3. The number of ether oxygens (including phenoxy) is 1. The first kappa shape index (κ1) is 10.3. The van der Waals surface area contributed by atoms with Crippen LogP contribution < -0.4 is 10.5 Å². The molecule has 0 aliphatic carbocycles. The lowest BCUT2D eigenvalue weighted by atomic mass is 10.2. The van der Waals surface area contributed by atoms with E-state index in [1.54, 1.807) is 12.3 Å². The predicted octanol–water partition coefficient (Wildman–Crippen LogP) is 1.98. The molecule has 0 saturated heterocycles. The maximum absolute atomic E-state index is 5.99. The van der Waals surface area contributed by atoms with Crippen molar-refractivity contribution >= 4 is 11.6 Å². The summed E-state index contributed by atoms with van der Waals surface area (Å²) in [6, 6.07) is 1.79. The monoisotopic (exact) mass is 200 g/mol. The molecule has 0 amide bonds. The third-order valence-electron chi connectivity index (χ3n) is 1.50. The molecule has 13 heavy (non-hydrogen) atoms. The summed E-state index contributed by atoms with van der Waals surface area (Å²) in [7, 11) is 0. The van der Waals surface area contributed by atoms with Crippen molar-refractivity contribution in [2.75, 3.05) is 0 Å². The summed E-state index contributed by atoms with van der Waals surface area (Å²) >= 11 is 5.99. The molecule has 1 aromatic rings. The van der Waals surface area contributed by atoms with Crippen LogP contribution in [0.5, 0.6) is 5.88 Å². The molecule has 0 fully saturated rings. The van der Waals surface area contributed by atoms with Gasteiger partial charge in [0.1, 0.15) is 5.02 Å². The number of hydrogen-bond donors (Lipinski definition) is 1. The van der Waals surface area contributed by atoms with Gasteiger partial charge in [0.2, 0.25) is 5.88 Å². The Hall–Kier alpha value is -0.800. The number of pyridine rings is 1. The first-order valence-electron chi connectivity index (χ1n) is 4.15. The van der Waals surface area contributed by atoms with Crippen LogP contribution in [0.4, 0.5) is 0 Å². The molecule has 4 heteroatoms. The largest absolute Gasteiger partial charge is 0.474 e. The van der Waals surface area contributed by atoms with Gasteiger partial charge in [0.15, 0.2) is 0 Å². The molecule has 0 aromatic carbocycles. The SMILES string of the molecule is CC(C)Oc1nccc(CN)c1Cl. The molecule has 1 rings (SSSR count). The van der Waals surface area contributed by atoms with Crippen LogP contribution in [-0.2, 0) is 6.54 Å². The van der Waals surface area contributed by atoms with Crippen LogP contribution in [-0.4, -0.2) is 11.1 Å². The van der Waals surface area contributed by atoms with E-state index in [9.17, 15) is 0 Å². The number of halogens is 1. The molecule has 1 aromatic heterocycles. The van der Waals surface area contributed by atoms with Crippen molar-refractivity contribution in [2.45, 2.75) is 26.5 Å². The van der Waals surface area contributed by atoms with Gasteiger partial charge in [-0.3, -0.25) is 0 Å². The van der Waals surface area contributed by atoms with Crippen molar-refractivity contribution in [2.24, 2.45) is 5.73 Å². The lowest BCUT2D eigenvalue weighted by molar-refractivity contribution is 0.232. The summed E-state index contributed by atoms with van der Waals surface area (Å²) < 4.78 is 5.39. The van der Waals surface area contributed by atoms with Gasteiger partial charge in [-0.15, -0.1) is 0 Å². The molecule has 0 spiro atoms. The molecule has 0 saturated carbocycles. The standard InChI is InChI=1S/C9H13ClN2O/c1-6(2)13-9-8(10)7(5-11)3-4-12-9/h3-4,6H,5,11H2,1-2H3. The van der Waals surface area contributed by atoms with Crippen molar-refractivity contribution in [1.82, 2.24) is 4.98 Å². The Balaban J connectivity index is 2.94. The van der Waals surface area contributed by atoms with Gasteiger partial charge in [0, 0.05) is 12.7 Å². The van der Waals surface area contributed by atoms with Gasteiger partial charge in [-0.1, -0.05) is 11.6 Å². The van der Waals surface area contributed by atoms with Gasteiger partial charge in [-0.2, -0.15) is 0 Å². The maximum atomic E-state index is 5.99. The second-order valence-electron chi connectivity index (χ2n) is 2.96. The van der Waals surface area contributed by atoms with Crippen LogP contribution in [0.3, 0.4) is 0 Å². The summed E-state index contributed by atoms with van der Waals surface area (Å²) in [6.07, 6.45) is 1.71. The summed E-state index contributed by atoms with van der Waals surface area (Å²) in [4.78, 5) is 4.02. The lowest BCUT2D eigenvalue weighted by Crippen LogP contribution is -2.08. The van der Waals surface area contributed by atoms with Gasteiger partial charge in [0.05, 0.1) is 6.10 Å². The molecule has 1 heterocycles. The number of nitrogens with zero attached hydrogens (tertiary/aromatic N) is 1. The van der Waals surface area contributed by atoms with Crippen molar-refractivity contribution in [1.29, 1.82) is 0 Å². The molecule has 72 valence electrons. The average Bonchev–Trinajstić information content (AvgIpc) is 2.08. The normalized spacial score (nSPS) is 10.5. The Kier molecular flexibility index (Phi) is 3.51. The molecule has 0 radical (unpaired) electrons. The molecule has 2 N–H and O–H groups in total. The highest BCUT2D eigenvalue weighted by molar-refractivity contribution is 6.32. The second kappa shape index (κ2) is 4.44. The van der Waals surface area contributed by atoms with Gasteiger partial charge < -0.3 is 10.5 Å². The molecular formula is C9H13ClN2O. The van der Waals surface area contributed by atoms with E-state index in [1.807, 2.05) is 13.8 Å². The fourth-order valence-corrected chi connectivity index (χ4v) is 1.16. The van der Waals surface area contributed by atoms with Crippen LogP contribution >= 0.6 is 11.6 Å². The van der Waals surface area contributed by atoms with Crippen molar-refractivity contribution in [3.63, 3.8) is 0 Å². The first-order valence-corrected chi connectivity index (χ1v) is 4.53. The Morgan fingerprint density at radius 3 is 2.85 bits per heavy atom. The quantitative estimate of drug-likeness (QED) is 0.812. The summed E-state index contributed by atoms with van der Waals surface area (Å²) in [5, 5.41) is 0.513. The van der Waals surface area contributed by atoms with Gasteiger partial charge in [0.25, 0.3) is 0 Å². The third kappa shape index (κ3) is 2.57. The Morgan fingerprint density at radius 1 is 1.62 bits per heavy atom. The van der Waals surface area contributed by atoms with E-state index in [2.05, 4.69) is 4.98 Å². The molecule has 0 bridgehead atoms. The van der Waals surface area contributed by atoms with E-state index in [1.165, 1.54) is 0 Å². The summed E-state index contributed by atoms with van der Waals surface area (Å²) in [5.74, 6) is 0.458. The van der Waals surface area contributed by atoms with E-state index in [4.69, 9.17) is 22.1 Å². The van der Waals surface area contributed by atoms with Crippen molar-refractivity contribution in [3.8, 4) is 5.88 Å². The highest BCUT2D eigenvalue weighted by Gasteiger charge is 2.08. The van der Waals surface area contributed by atoms with Crippen LogP contribution in [0.25, 0.3) is 0 Å². The Bertz CT molecular complexity index is 289. The van der Waals surface area contributed by atoms with Gasteiger partial charge in [-0.05, 0) is 25.5 Å². The number of nitrogens with two attached hydrogens (primary N) is 1. The Labute approximate surface area is 82.9 Å². The molecular weight excluding hydrogens is 188 g/mol. The maximum Gasteiger partial charge on any atom is 0.233 e. The summed E-state index contributed by atoms with van der Waals surface area (Å²) in [5.41, 5.74) is 6.34. The highest BCUT2D eigenvalue weighted by Crippen LogP contribution is 2.25. The zero-order valence-electron chi connectivity index (χ0n) is 7.75. The lowest BCUT2D eigenvalue weighted by Gasteiger charge is -2.11. The number of aromatic nitrogens is 1. The van der Waals surface area contributed by atoms with E-state index in [0.717, 1.165) is 5.56 Å². The van der Waals surface area contributed by atoms with Gasteiger partial charge >= 0.3 is 0 Å². The minimum absolute atomic E-state index is 0.0676. The van der Waals surface area contributed by atoms with E-state index in [-0.39, 0.29) is 6.10 Å². The average molecular weight is 201 g/mol. The fraction of sp³-hybridized carbons (Fsp3) is 0.444. The minimum Gasteiger partial charge on any atom is -0.474 e. The molecule has 0 atom stereocenters. The van der Waals surface area contributed by atoms with Crippen LogP contribution in [0.15, 0.2) is 12.3 Å². The molecule has 0 unspecified atom stereocenters. The van der Waals surface area contributed by atoms with Crippen LogP contribution in [0.2, 0.25) is 5.02 Å². The van der Waals surface area contributed by atoms with Crippen molar-refractivity contribution in [3.05, 3.63) is 22.8 Å². The van der Waals surface area contributed by atoms with E-state index < -0.39 is 0 Å². The minimum atomic E-state index is 0.0676. The zero-order valence-corrected chi connectivity index (χ0v) is 8.51. The first-order chi connectivity index (χ1) is 6.15. The zero-order chi connectivity index (χ0) is 9.84. The highest BCUT2D eigenvalue weighted by atomic mass is 35.5. The molecule has 0 aliphatic heterocycles. The second-order valence-corrected chi connectivity index (χ2v) is 3.34. The third-order valence-corrected chi connectivity index (χ3v) is 1.91. The topological polar surface area (TPSA) is 48.1 Å². The smallest absolute Gasteiger partial charge is 0.233 e. The van der Waals surface area contributed by atoms with Crippen molar-refractivity contribution < 1.29 is 4.74 Å². The predicted molar refractivity (Wildman–Crippen MR) is 52.9 cm³/mol. The molecule has 0 aliphatic rings. The van der Waals surface area contributed by atoms with Gasteiger partial charge in [-0.25, -0.2) is 4.98 Å².